The van der Waals surface area contributed by atoms with E-state index in [9.17, 15) is 4.79 Å². The third kappa shape index (κ3) is 5.95. The molecule has 2 rings (SSSR count). The number of carbonyl (C=O) groups is 1. The minimum Gasteiger partial charge on any atom is -0.359 e. The molecule has 0 aliphatic carbocycles. The number of amides is 1. The number of rotatable bonds is 7. The van der Waals surface area contributed by atoms with Crippen LogP contribution in [0, 0.1) is 0 Å². The summed E-state index contributed by atoms with van der Waals surface area (Å²) >= 11 is 0. The molecule has 0 bridgehead atoms. The Morgan fingerprint density at radius 3 is 2.52 bits per heavy atom. The lowest BCUT2D eigenvalue weighted by molar-refractivity contribution is 0.0954. The summed E-state index contributed by atoms with van der Waals surface area (Å²) in [4.78, 5) is 16.1. The van der Waals surface area contributed by atoms with Crippen molar-refractivity contribution in [2.24, 2.45) is 4.99 Å². The number of guanidine groups is 1. The number of carbonyl (C=O) groups excluding carboxylic acids is 1. The van der Waals surface area contributed by atoms with Crippen molar-refractivity contribution in [1.82, 2.24) is 21.1 Å². The predicted octanol–water partition coefficient (Wildman–Crippen LogP) is 1.89. The number of benzene rings is 1. The maximum absolute atomic E-state index is 11.9. The molecule has 1 aromatic carbocycles. The molecule has 0 aliphatic heterocycles. The van der Waals surface area contributed by atoms with Crippen molar-refractivity contribution in [3.8, 4) is 0 Å². The number of nitrogens with one attached hydrogen (secondary N) is 3. The maximum atomic E-state index is 11.9. The van der Waals surface area contributed by atoms with Gasteiger partial charge in [-0.1, -0.05) is 37.2 Å². The molecule has 1 heterocycles. The topological polar surface area (TPSA) is 91.5 Å². The molecule has 0 saturated carbocycles. The Hall–Kier alpha value is -2.83. The van der Waals surface area contributed by atoms with Gasteiger partial charge in [0.05, 0.1) is 12.2 Å². The monoisotopic (exact) mass is 343 g/mol. The van der Waals surface area contributed by atoms with Crippen LogP contribution in [0.1, 0.15) is 41.6 Å². The van der Waals surface area contributed by atoms with Crippen LogP contribution >= 0.6 is 0 Å². The summed E-state index contributed by atoms with van der Waals surface area (Å²) in [5, 5.41) is 13.2. The molecule has 0 atom stereocenters. The fourth-order valence-corrected chi connectivity index (χ4v) is 2.12. The van der Waals surface area contributed by atoms with E-state index in [2.05, 4.69) is 39.9 Å². The molecule has 7 nitrogen and oxygen atoms in total. The Labute approximate surface area is 147 Å². The van der Waals surface area contributed by atoms with Gasteiger partial charge in [0.2, 0.25) is 0 Å². The predicted molar refractivity (Wildman–Crippen MR) is 97.6 cm³/mol. The van der Waals surface area contributed by atoms with Crippen LogP contribution in [0.25, 0.3) is 0 Å². The van der Waals surface area contributed by atoms with Gasteiger partial charge in [-0.3, -0.25) is 9.79 Å². The van der Waals surface area contributed by atoms with E-state index >= 15 is 0 Å². The Morgan fingerprint density at radius 1 is 1.16 bits per heavy atom. The minimum atomic E-state index is -0.0896. The second-order valence-corrected chi connectivity index (χ2v) is 5.85. The molecule has 2 aromatic rings. The number of hydrogen-bond acceptors (Lipinski definition) is 4. The van der Waals surface area contributed by atoms with Crippen LogP contribution in [0.4, 0.5) is 0 Å². The van der Waals surface area contributed by atoms with Crippen molar-refractivity contribution in [2.45, 2.75) is 26.3 Å². The molecule has 0 saturated heterocycles. The number of aliphatic imine (C=N–C) groups is 1. The van der Waals surface area contributed by atoms with Crippen LogP contribution < -0.4 is 16.0 Å². The normalized spacial score (nSPS) is 11.4. The van der Waals surface area contributed by atoms with Crippen molar-refractivity contribution < 1.29 is 9.32 Å². The van der Waals surface area contributed by atoms with Crippen LogP contribution in [0.3, 0.4) is 0 Å². The first-order valence-corrected chi connectivity index (χ1v) is 8.33. The maximum Gasteiger partial charge on any atom is 0.251 e. The molecular weight excluding hydrogens is 318 g/mol. The summed E-state index contributed by atoms with van der Waals surface area (Å²) in [7, 11) is 1.69. The highest BCUT2D eigenvalue weighted by atomic mass is 16.5. The van der Waals surface area contributed by atoms with Crippen molar-refractivity contribution in [3.63, 3.8) is 0 Å². The second-order valence-electron chi connectivity index (χ2n) is 5.85. The molecule has 0 radical (unpaired) electrons. The van der Waals surface area contributed by atoms with Crippen molar-refractivity contribution >= 4 is 11.9 Å². The molecule has 0 fully saturated rings. The van der Waals surface area contributed by atoms with Crippen LogP contribution in [-0.2, 0) is 6.54 Å². The van der Waals surface area contributed by atoms with Gasteiger partial charge in [-0.15, -0.1) is 0 Å². The minimum absolute atomic E-state index is 0.0896. The van der Waals surface area contributed by atoms with Crippen LogP contribution in [0.2, 0.25) is 0 Å². The van der Waals surface area contributed by atoms with Gasteiger partial charge in [0, 0.05) is 31.8 Å². The van der Waals surface area contributed by atoms with Crippen molar-refractivity contribution in [2.75, 3.05) is 20.1 Å². The zero-order valence-electron chi connectivity index (χ0n) is 14.9. The standard InChI is InChI=1S/C18H25N5O2/c1-13(2)16-11-15(25-23-16)12-22-18(19-3)21-10-9-20-17(24)14-7-5-4-6-8-14/h4-8,11,13H,9-10,12H2,1-3H3,(H,20,24)(H2,19,21,22). The number of aromatic nitrogens is 1. The van der Waals surface area contributed by atoms with E-state index in [-0.39, 0.29) is 5.91 Å². The lowest BCUT2D eigenvalue weighted by Crippen LogP contribution is -2.41. The van der Waals surface area contributed by atoms with Gasteiger partial charge in [-0.05, 0) is 18.1 Å². The van der Waals surface area contributed by atoms with Gasteiger partial charge < -0.3 is 20.5 Å². The largest absolute Gasteiger partial charge is 0.359 e. The Morgan fingerprint density at radius 2 is 1.88 bits per heavy atom. The zero-order valence-corrected chi connectivity index (χ0v) is 14.9. The van der Waals surface area contributed by atoms with Crippen molar-refractivity contribution in [1.29, 1.82) is 0 Å². The zero-order chi connectivity index (χ0) is 18.1. The average molecular weight is 343 g/mol. The quantitative estimate of drug-likeness (QED) is 0.406. The van der Waals surface area contributed by atoms with Gasteiger partial charge in [-0.2, -0.15) is 0 Å². The van der Waals surface area contributed by atoms with Crippen LogP contribution in [-0.4, -0.2) is 37.2 Å². The van der Waals surface area contributed by atoms with Gasteiger partial charge in [0.1, 0.15) is 0 Å². The highest BCUT2D eigenvalue weighted by Crippen LogP contribution is 2.13. The van der Waals surface area contributed by atoms with E-state index in [0.717, 1.165) is 11.5 Å². The Bertz CT molecular complexity index is 695. The second kappa shape index (κ2) is 9.46. The smallest absolute Gasteiger partial charge is 0.251 e. The highest BCUT2D eigenvalue weighted by Gasteiger charge is 2.08. The SMILES string of the molecule is CN=C(NCCNC(=O)c1ccccc1)NCc1cc(C(C)C)no1. The molecule has 3 N–H and O–H groups in total. The summed E-state index contributed by atoms with van der Waals surface area (Å²) in [6.45, 7) is 5.69. The first-order valence-electron chi connectivity index (χ1n) is 8.33. The molecule has 0 aliphatic rings. The number of nitrogens with zero attached hydrogens (tertiary/aromatic N) is 2. The molecular formula is C18H25N5O2. The lowest BCUT2D eigenvalue weighted by Gasteiger charge is -2.11. The lowest BCUT2D eigenvalue weighted by atomic mass is 10.1. The van der Waals surface area contributed by atoms with Gasteiger partial charge in [0.15, 0.2) is 11.7 Å². The fourth-order valence-electron chi connectivity index (χ4n) is 2.12. The fraction of sp³-hybridized carbons (Fsp3) is 0.389. The van der Waals surface area contributed by atoms with E-state index in [0.29, 0.717) is 37.1 Å². The molecule has 1 aromatic heterocycles. The first-order chi connectivity index (χ1) is 12.1. The Kier molecular flexibility index (Phi) is 7.00. The third-order valence-electron chi connectivity index (χ3n) is 3.56. The van der Waals surface area contributed by atoms with E-state index in [4.69, 9.17) is 4.52 Å². The summed E-state index contributed by atoms with van der Waals surface area (Å²) in [6, 6.07) is 11.1. The average Bonchev–Trinajstić information content (AvgIpc) is 3.11. The Balaban J connectivity index is 1.69. The molecule has 1 amide bonds. The summed E-state index contributed by atoms with van der Waals surface area (Å²) in [5.41, 5.74) is 1.58. The van der Waals surface area contributed by atoms with Crippen LogP contribution in [0.15, 0.2) is 45.9 Å². The highest BCUT2D eigenvalue weighted by molar-refractivity contribution is 5.94. The molecule has 134 valence electrons. The van der Waals surface area contributed by atoms with Crippen LogP contribution in [0.5, 0.6) is 0 Å². The van der Waals surface area contributed by atoms with E-state index in [1.807, 2.05) is 24.3 Å². The molecule has 25 heavy (non-hydrogen) atoms. The van der Waals surface area contributed by atoms with Gasteiger partial charge in [0.25, 0.3) is 5.91 Å². The molecule has 7 heteroatoms. The van der Waals surface area contributed by atoms with E-state index in [1.54, 1.807) is 19.2 Å². The van der Waals surface area contributed by atoms with Gasteiger partial charge in [-0.25, -0.2) is 0 Å². The van der Waals surface area contributed by atoms with Crippen molar-refractivity contribution in [3.05, 3.63) is 53.4 Å². The van der Waals surface area contributed by atoms with Gasteiger partial charge >= 0.3 is 0 Å². The van der Waals surface area contributed by atoms with E-state index in [1.165, 1.54) is 0 Å². The molecule has 0 spiro atoms. The van der Waals surface area contributed by atoms with E-state index < -0.39 is 0 Å². The summed E-state index contributed by atoms with van der Waals surface area (Å²) < 4.78 is 5.27. The molecule has 0 unspecified atom stereocenters. The number of hydrogen-bond donors (Lipinski definition) is 3. The first kappa shape index (κ1) is 18.5. The third-order valence-corrected chi connectivity index (χ3v) is 3.56. The summed E-state index contributed by atoms with van der Waals surface area (Å²) in [6.07, 6.45) is 0. The summed E-state index contributed by atoms with van der Waals surface area (Å²) in [5.74, 6) is 1.64.